The third-order valence-electron chi connectivity index (χ3n) is 3.75. The summed E-state index contributed by atoms with van der Waals surface area (Å²) in [6.45, 7) is 0. The van der Waals surface area contributed by atoms with Crippen LogP contribution in [0.25, 0.3) is 0 Å². The summed E-state index contributed by atoms with van der Waals surface area (Å²) in [7, 11) is 6.25. The molecule has 0 saturated carbocycles. The van der Waals surface area contributed by atoms with Gasteiger partial charge in [0, 0.05) is 20.1 Å². The number of halogens is 3. The van der Waals surface area contributed by atoms with Crippen molar-refractivity contribution in [3.05, 3.63) is 44.3 Å². The van der Waals surface area contributed by atoms with Gasteiger partial charge >= 0.3 is 0 Å². The number of hydrazone groups is 1. The third kappa shape index (κ3) is 7.30. The van der Waals surface area contributed by atoms with Crippen molar-refractivity contribution in [1.29, 1.82) is 0 Å². The zero-order valence-electron chi connectivity index (χ0n) is 17.2. The summed E-state index contributed by atoms with van der Waals surface area (Å²) in [6.07, 6.45) is 3.08. The quantitative estimate of drug-likeness (QED) is 0.278. The van der Waals surface area contributed by atoms with Gasteiger partial charge in [-0.1, -0.05) is 0 Å². The summed E-state index contributed by atoms with van der Waals surface area (Å²) in [5.41, 5.74) is 9.87. The number of nitrogens with one attached hydrogen (secondary N) is 1. The largest absolute Gasteiger partial charge is 0.493 e. The van der Waals surface area contributed by atoms with Crippen molar-refractivity contribution in [2.24, 2.45) is 21.0 Å². The van der Waals surface area contributed by atoms with Gasteiger partial charge in [-0.05, 0) is 56.1 Å². The highest BCUT2D eigenvalue weighted by Gasteiger charge is 2.09. The van der Waals surface area contributed by atoms with Crippen molar-refractivity contribution in [3.8, 4) is 23.0 Å². The summed E-state index contributed by atoms with van der Waals surface area (Å²) in [5, 5.41) is 11.9. The monoisotopic (exact) mass is 577 g/mol. The number of hydrogen-bond donors (Lipinski definition) is 2. The molecule has 0 aliphatic rings. The van der Waals surface area contributed by atoms with E-state index in [1.807, 2.05) is 0 Å². The summed E-state index contributed by atoms with van der Waals surface area (Å²) in [6, 6.07) is 7.09. The minimum Gasteiger partial charge on any atom is -0.493 e. The second kappa shape index (κ2) is 13.0. The molecule has 0 heterocycles. The van der Waals surface area contributed by atoms with Crippen LogP contribution in [0.1, 0.15) is 11.1 Å². The Balaban J connectivity index is 0.00000480. The maximum Gasteiger partial charge on any atom is 0.234 e. The molecule has 0 atom stereocenters. The molecule has 0 amide bonds. The summed E-state index contributed by atoms with van der Waals surface area (Å²) in [4.78, 5) is 0. The van der Waals surface area contributed by atoms with Gasteiger partial charge in [-0.2, -0.15) is 10.2 Å². The highest BCUT2D eigenvalue weighted by atomic mass is 79.9. The zero-order valence-corrected chi connectivity index (χ0v) is 21.2. The number of benzene rings is 2. The van der Waals surface area contributed by atoms with E-state index in [1.165, 1.54) is 6.21 Å². The van der Waals surface area contributed by atoms with Crippen LogP contribution in [0.15, 0.2) is 48.5 Å². The Hall–Kier alpha value is -2.50. The molecular weight excluding hydrogens is 558 g/mol. The fourth-order valence-electron chi connectivity index (χ4n) is 2.28. The first-order valence-electron chi connectivity index (χ1n) is 8.42. The van der Waals surface area contributed by atoms with E-state index in [4.69, 9.17) is 24.7 Å². The molecule has 0 aromatic heterocycles. The molecular formula is C19H22Br2ClN5O4. The molecule has 2 aromatic rings. The van der Waals surface area contributed by atoms with E-state index in [-0.39, 0.29) is 18.4 Å². The molecule has 0 aliphatic heterocycles. The van der Waals surface area contributed by atoms with Gasteiger partial charge in [0.25, 0.3) is 0 Å². The first-order chi connectivity index (χ1) is 14.4. The highest BCUT2D eigenvalue weighted by molar-refractivity contribution is 9.10. The van der Waals surface area contributed by atoms with Crippen LogP contribution < -0.4 is 30.1 Å². The van der Waals surface area contributed by atoms with Crippen molar-refractivity contribution in [3.63, 3.8) is 0 Å². The van der Waals surface area contributed by atoms with E-state index in [9.17, 15) is 0 Å². The number of nitrogens with zero attached hydrogens (tertiary/aromatic N) is 3. The zero-order chi connectivity index (χ0) is 22.1. The van der Waals surface area contributed by atoms with Gasteiger partial charge in [0.15, 0.2) is 23.0 Å². The van der Waals surface area contributed by atoms with Gasteiger partial charge in [-0.3, -0.25) is 0 Å². The Labute approximate surface area is 203 Å². The van der Waals surface area contributed by atoms with E-state index in [1.54, 1.807) is 58.9 Å². The van der Waals surface area contributed by atoms with Crippen molar-refractivity contribution < 1.29 is 18.9 Å². The third-order valence-corrected chi connectivity index (χ3v) is 5.12. The number of guanidine groups is 1. The molecule has 0 bridgehead atoms. The number of rotatable bonds is 8. The van der Waals surface area contributed by atoms with Crippen LogP contribution in [0.4, 0.5) is 0 Å². The van der Waals surface area contributed by atoms with Crippen LogP contribution in [-0.4, -0.2) is 46.8 Å². The second-order valence-electron chi connectivity index (χ2n) is 5.56. The molecule has 2 rings (SSSR count). The van der Waals surface area contributed by atoms with Crippen LogP contribution in [0.3, 0.4) is 0 Å². The lowest BCUT2D eigenvalue weighted by Crippen LogP contribution is -2.26. The average Bonchev–Trinajstić information content (AvgIpc) is 2.75. The number of methoxy groups -OCH3 is 4. The van der Waals surface area contributed by atoms with E-state index in [0.29, 0.717) is 23.0 Å². The van der Waals surface area contributed by atoms with Crippen molar-refractivity contribution in [2.75, 3.05) is 28.4 Å². The SMILES string of the molecule is COc1cc(Br)c(C=NN=C(N)NN=Cc2cc(OC)c(OC)cc2Br)cc1OC.Cl. The lowest BCUT2D eigenvalue weighted by molar-refractivity contribution is 0.354. The summed E-state index contributed by atoms with van der Waals surface area (Å²) < 4.78 is 22.6. The van der Waals surface area contributed by atoms with E-state index in [0.717, 1.165) is 20.1 Å². The number of hydrogen-bond acceptors (Lipinski definition) is 7. The average molecular weight is 580 g/mol. The molecule has 0 unspecified atom stereocenters. The van der Waals surface area contributed by atoms with Gasteiger partial charge in [0.2, 0.25) is 5.96 Å². The van der Waals surface area contributed by atoms with Gasteiger partial charge in [-0.25, -0.2) is 5.43 Å². The van der Waals surface area contributed by atoms with Gasteiger partial charge in [0.1, 0.15) is 0 Å². The topological polar surface area (TPSA) is 112 Å². The summed E-state index contributed by atoms with van der Waals surface area (Å²) >= 11 is 6.90. The van der Waals surface area contributed by atoms with Crippen molar-refractivity contribution in [2.45, 2.75) is 0 Å². The van der Waals surface area contributed by atoms with Crippen LogP contribution >= 0.6 is 44.3 Å². The molecule has 2 aromatic carbocycles. The van der Waals surface area contributed by atoms with Gasteiger partial charge < -0.3 is 24.7 Å². The summed E-state index contributed by atoms with van der Waals surface area (Å²) in [5.74, 6) is 2.36. The lowest BCUT2D eigenvalue weighted by Gasteiger charge is -2.09. The maximum atomic E-state index is 5.78. The minimum absolute atomic E-state index is 0. The predicted molar refractivity (Wildman–Crippen MR) is 132 cm³/mol. The first-order valence-corrected chi connectivity index (χ1v) is 10.0. The van der Waals surface area contributed by atoms with E-state index in [2.05, 4.69) is 52.6 Å². The first kappa shape index (κ1) is 26.5. The molecule has 3 N–H and O–H groups in total. The molecule has 168 valence electrons. The van der Waals surface area contributed by atoms with Gasteiger partial charge in [-0.15, -0.1) is 17.5 Å². The smallest absolute Gasteiger partial charge is 0.234 e. The Bertz CT molecular complexity index is 986. The molecule has 9 nitrogen and oxygen atoms in total. The Morgan fingerprint density at radius 1 is 0.806 bits per heavy atom. The van der Waals surface area contributed by atoms with Crippen LogP contribution in [0.5, 0.6) is 23.0 Å². The van der Waals surface area contributed by atoms with Crippen LogP contribution in [0, 0.1) is 0 Å². The van der Waals surface area contributed by atoms with Crippen LogP contribution in [0.2, 0.25) is 0 Å². The number of nitrogens with two attached hydrogens (primary N) is 1. The fraction of sp³-hybridized carbons (Fsp3) is 0.211. The molecule has 0 spiro atoms. The number of ether oxygens (including phenoxy) is 4. The van der Waals surface area contributed by atoms with Crippen LogP contribution in [-0.2, 0) is 0 Å². The molecule has 31 heavy (non-hydrogen) atoms. The highest BCUT2D eigenvalue weighted by Crippen LogP contribution is 2.33. The maximum absolute atomic E-state index is 5.78. The van der Waals surface area contributed by atoms with E-state index >= 15 is 0 Å². The second-order valence-corrected chi connectivity index (χ2v) is 7.27. The normalized spacial score (nSPS) is 11.4. The molecule has 0 saturated heterocycles. The molecule has 0 aliphatic carbocycles. The van der Waals surface area contributed by atoms with Gasteiger partial charge in [0.05, 0.1) is 40.9 Å². The van der Waals surface area contributed by atoms with Crippen molar-refractivity contribution in [1.82, 2.24) is 5.43 Å². The Morgan fingerprint density at radius 3 is 1.68 bits per heavy atom. The minimum atomic E-state index is 0. The van der Waals surface area contributed by atoms with Crippen molar-refractivity contribution >= 4 is 62.7 Å². The predicted octanol–water partition coefficient (Wildman–Crippen LogP) is 3.94. The standard InChI is InChI=1S/C19H21Br2N5O4.ClH/c1-27-15-5-11(13(20)7-17(15)29-3)9-23-25-19(22)26-24-10-12-6-16(28-2)18(30-4)8-14(12)21;/h5-10H,1-4H3,(H3,22,25,26);1H. The van der Waals surface area contributed by atoms with E-state index < -0.39 is 0 Å². The lowest BCUT2D eigenvalue weighted by atomic mass is 10.2. The Morgan fingerprint density at radius 2 is 1.23 bits per heavy atom. The molecule has 0 radical (unpaired) electrons. The molecule has 12 heteroatoms. The Kier molecular flexibility index (Phi) is 11.2. The molecule has 0 fully saturated rings. The fourth-order valence-corrected chi connectivity index (χ4v) is 3.13.